The summed E-state index contributed by atoms with van der Waals surface area (Å²) in [6, 6.07) is 35.9. The third-order valence-corrected chi connectivity index (χ3v) is 12.2. The number of unbranched alkanes of at least 4 members (excludes halogenated alkanes) is 12. The lowest BCUT2D eigenvalue weighted by Crippen LogP contribution is -2.16. The van der Waals surface area contributed by atoms with Crippen molar-refractivity contribution in [1.29, 1.82) is 0 Å². The maximum Gasteiger partial charge on any atom is 0.151 e. The molecule has 0 N–H and O–H groups in total. The van der Waals surface area contributed by atoms with Crippen molar-refractivity contribution in [1.82, 2.24) is 0 Å². The van der Waals surface area contributed by atoms with Crippen LogP contribution in [0.2, 0.25) is 0 Å². The number of anilines is 3. The molecule has 0 saturated heterocycles. The Morgan fingerprint density at radius 3 is 1.05 bits per heavy atom. The predicted molar refractivity (Wildman–Crippen MR) is 253 cm³/mol. The molecule has 0 saturated carbocycles. The van der Waals surface area contributed by atoms with Crippen LogP contribution in [0.1, 0.15) is 164 Å². The predicted octanol–water partition coefficient (Wildman–Crippen LogP) is 17.7. The van der Waals surface area contributed by atoms with E-state index >= 15 is 0 Å². The molecule has 1 aliphatic rings. The van der Waals surface area contributed by atoms with Crippen molar-refractivity contribution >= 4 is 17.1 Å². The molecule has 308 valence electrons. The molecule has 1 heterocycles. The fraction of sp³-hybridized carbons (Fsp3) is 0.464. The van der Waals surface area contributed by atoms with Crippen molar-refractivity contribution in [3.8, 4) is 33.8 Å². The Morgan fingerprint density at radius 1 is 0.362 bits per heavy atom. The van der Waals surface area contributed by atoms with E-state index in [1.54, 1.807) is 0 Å². The van der Waals surface area contributed by atoms with Crippen LogP contribution >= 0.6 is 0 Å². The number of hydrogen-bond acceptors (Lipinski definition) is 2. The molecule has 1 aliphatic heterocycles. The Bertz CT molecular complexity index is 1850. The highest BCUT2D eigenvalue weighted by molar-refractivity contribution is 5.90. The van der Waals surface area contributed by atoms with E-state index in [9.17, 15) is 0 Å². The standard InChI is InChI=1S/C56H73NO/c1-7-11-15-19-23-44-33-45(24-20-16-12-8-2)36-48(35-44)50-39-51(49-37-46(25-21-17-13-9-3)34-47(38-49)26-22-18-14-10-4)41-52(40-50)57-53-29-27-42(5)31-55(53)58-56-32-43(6)28-30-54(56)57/h27-41H,7-26H2,1-6H3. The Kier molecular flexibility index (Phi) is 16.5. The first-order valence-corrected chi connectivity index (χ1v) is 23.5. The first-order chi connectivity index (χ1) is 28.4. The summed E-state index contributed by atoms with van der Waals surface area (Å²) < 4.78 is 6.66. The van der Waals surface area contributed by atoms with Crippen LogP contribution in [0.5, 0.6) is 11.5 Å². The molecule has 2 heteroatoms. The summed E-state index contributed by atoms with van der Waals surface area (Å²) in [5.74, 6) is 1.83. The number of aryl methyl sites for hydroxylation is 6. The summed E-state index contributed by atoms with van der Waals surface area (Å²) in [6.45, 7) is 13.6. The van der Waals surface area contributed by atoms with Crippen LogP contribution in [0, 0.1) is 13.8 Å². The zero-order valence-corrected chi connectivity index (χ0v) is 37.2. The minimum absolute atomic E-state index is 0.914. The van der Waals surface area contributed by atoms with Gasteiger partial charge in [0.05, 0.1) is 11.4 Å². The first kappa shape index (κ1) is 43.3. The molecule has 0 amide bonds. The van der Waals surface area contributed by atoms with Crippen LogP contribution in [0.3, 0.4) is 0 Å². The topological polar surface area (TPSA) is 12.5 Å². The second-order valence-electron chi connectivity index (χ2n) is 17.5. The Balaban J connectivity index is 1.52. The van der Waals surface area contributed by atoms with Crippen molar-refractivity contribution in [2.75, 3.05) is 4.90 Å². The van der Waals surface area contributed by atoms with Crippen LogP contribution in [0.25, 0.3) is 22.3 Å². The molecular formula is C56H73NO. The average molecular weight is 776 g/mol. The second kappa shape index (κ2) is 22.2. The molecule has 0 aliphatic carbocycles. The monoisotopic (exact) mass is 776 g/mol. The van der Waals surface area contributed by atoms with Crippen molar-refractivity contribution in [2.24, 2.45) is 0 Å². The molecular weight excluding hydrogens is 703 g/mol. The molecule has 6 rings (SSSR count). The molecule has 0 fully saturated rings. The highest BCUT2D eigenvalue weighted by Gasteiger charge is 2.27. The summed E-state index contributed by atoms with van der Waals surface area (Å²) in [5.41, 5.74) is 17.0. The number of fused-ring (bicyclic) bond motifs is 2. The fourth-order valence-electron chi connectivity index (χ4n) is 8.84. The number of nitrogens with zero attached hydrogens (tertiary/aromatic N) is 1. The van der Waals surface area contributed by atoms with Gasteiger partial charge in [-0.25, -0.2) is 0 Å². The number of benzene rings is 5. The molecule has 0 aromatic heterocycles. The van der Waals surface area contributed by atoms with Gasteiger partial charge < -0.3 is 9.64 Å². The van der Waals surface area contributed by atoms with Crippen LogP contribution in [-0.4, -0.2) is 0 Å². The van der Waals surface area contributed by atoms with Crippen LogP contribution < -0.4 is 9.64 Å². The van der Waals surface area contributed by atoms with Crippen LogP contribution in [0.4, 0.5) is 17.1 Å². The van der Waals surface area contributed by atoms with E-state index in [0.717, 1.165) is 48.6 Å². The van der Waals surface area contributed by atoms with E-state index < -0.39 is 0 Å². The zero-order valence-electron chi connectivity index (χ0n) is 37.2. The third kappa shape index (κ3) is 11.9. The van der Waals surface area contributed by atoms with Crippen LogP contribution in [0.15, 0.2) is 91.0 Å². The van der Waals surface area contributed by atoms with Gasteiger partial charge in [-0.15, -0.1) is 0 Å². The largest absolute Gasteiger partial charge is 0.453 e. The highest BCUT2D eigenvalue weighted by atomic mass is 16.5. The highest BCUT2D eigenvalue weighted by Crippen LogP contribution is 2.52. The van der Waals surface area contributed by atoms with Gasteiger partial charge in [0.2, 0.25) is 0 Å². The maximum absolute atomic E-state index is 6.66. The summed E-state index contributed by atoms with van der Waals surface area (Å²) in [7, 11) is 0. The van der Waals surface area contributed by atoms with E-state index in [4.69, 9.17) is 4.74 Å². The number of hydrogen-bond donors (Lipinski definition) is 0. The number of rotatable bonds is 23. The van der Waals surface area contributed by atoms with Gasteiger partial charge in [0, 0.05) is 5.69 Å². The van der Waals surface area contributed by atoms with E-state index in [1.807, 2.05) is 0 Å². The first-order valence-electron chi connectivity index (χ1n) is 23.5. The summed E-state index contributed by atoms with van der Waals surface area (Å²) in [6.07, 6.45) is 25.1. The smallest absolute Gasteiger partial charge is 0.151 e. The maximum atomic E-state index is 6.66. The molecule has 0 atom stereocenters. The van der Waals surface area contributed by atoms with Crippen molar-refractivity contribution in [2.45, 2.75) is 170 Å². The van der Waals surface area contributed by atoms with Crippen LogP contribution in [-0.2, 0) is 25.7 Å². The molecule has 2 nitrogen and oxygen atoms in total. The van der Waals surface area contributed by atoms with Gasteiger partial charge in [0.15, 0.2) is 11.5 Å². The lowest BCUT2D eigenvalue weighted by molar-refractivity contribution is 0.476. The molecule has 5 aromatic carbocycles. The van der Waals surface area contributed by atoms with Crippen molar-refractivity contribution in [3.05, 3.63) is 124 Å². The lowest BCUT2D eigenvalue weighted by atomic mass is 9.90. The van der Waals surface area contributed by atoms with Gasteiger partial charge >= 0.3 is 0 Å². The molecule has 0 bridgehead atoms. The summed E-state index contributed by atoms with van der Waals surface area (Å²) in [5, 5.41) is 0. The van der Waals surface area contributed by atoms with E-state index in [-0.39, 0.29) is 0 Å². The molecule has 0 radical (unpaired) electrons. The lowest BCUT2D eigenvalue weighted by Gasteiger charge is -2.34. The molecule has 58 heavy (non-hydrogen) atoms. The average Bonchev–Trinajstić information content (AvgIpc) is 3.23. The van der Waals surface area contributed by atoms with Crippen molar-refractivity contribution < 1.29 is 4.74 Å². The summed E-state index contributed by atoms with van der Waals surface area (Å²) >= 11 is 0. The fourth-order valence-corrected chi connectivity index (χ4v) is 8.84. The van der Waals surface area contributed by atoms with Gasteiger partial charge in [0.25, 0.3) is 0 Å². The Labute approximate surface area is 353 Å². The van der Waals surface area contributed by atoms with E-state index in [2.05, 4.69) is 137 Å². The second-order valence-corrected chi connectivity index (χ2v) is 17.5. The molecule has 0 unspecified atom stereocenters. The summed E-state index contributed by atoms with van der Waals surface area (Å²) in [4.78, 5) is 2.46. The van der Waals surface area contributed by atoms with E-state index in [1.165, 1.54) is 164 Å². The van der Waals surface area contributed by atoms with Gasteiger partial charge in [-0.3, -0.25) is 0 Å². The Morgan fingerprint density at radius 2 is 0.707 bits per heavy atom. The van der Waals surface area contributed by atoms with Gasteiger partial charge in [-0.2, -0.15) is 0 Å². The minimum Gasteiger partial charge on any atom is -0.453 e. The quantitative estimate of drug-likeness (QED) is 0.0601. The minimum atomic E-state index is 0.914. The van der Waals surface area contributed by atoms with Crippen molar-refractivity contribution in [3.63, 3.8) is 0 Å². The van der Waals surface area contributed by atoms with Gasteiger partial charge in [-0.05, 0) is 163 Å². The number of ether oxygens (including phenoxy) is 1. The van der Waals surface area contributed by atoms with E-state index in [0.29, 0.717) is 0 Å². The normalized spacial score (nSPS) is 12.1. The zero-order chi connectivity index (χ0) is 40.7. The molecule has 5 aromatic rings. The SMILES string of the molecule is CCCCCCc1cc(CCCCCC)cc(-c2cc(-c3cc(CCCCCC)cc(CCCCCC)c3)cc(N3c4ccc(C)cc4Oc4cc(C)ccc43)c2)c1. The Hall–Kier alpha value is -4.30. The van der Waals surface area contributed by atoms with Gasteiger partial charge in [0.1, 0.15) is 0 Å². The third-order valence-electron chi connectivity index (χ3n) is 12.2. The molecule has 0 spiro atoms. The van der Waals surface area contributed by atoms with Gasteiger partial charge in [-0.1, -0.05) is 153 Å².